The lowest BCUT2D eigenvalue weighted by atomic mass is 10.2. The van der Waals surface area contributed by atoms with Gasteiger partial charge in [0.05, 0.1) is 20.5 Å². The number of ether oxygens (including phenoxy) is 2. The van der Waals surface area contributed by atoms with Crippen LogP contribution >= 0.6 is 0 Å². The lowest BCUT2D eigenvalue weighted by Crippen LogP contribution is -1.81. The van der Waals surface area contributed by atoms with Crippen LogP contribution in [0.3, 0.4) is 0 Å². The fourth-order valence-electron chi connectivity index (χ4n) is 0.862. The first-order chi connectivity index (χ1) is 5.86. The van der Waals surface area contributed by atoms with E-state index in [-0.39, 0.29) is 0 Å². The third-order valence-corrected chi connectivity index (χ3v) is 1.51. The fraction of sp³-hybridized carbons (Fsp3) is 0.200. The number of hydrogen-bond acceptors (Lipinski definition) is 2. The lowest BCUT2D eigenvalue weighted by molar-refractivity contribution is 0.341. The molecule has 0 bridgehead atoms. The van der Waals surface area contributed by atoms with Gasteiger partial charge < -0.3 is 9.47 Å². The molecule has 0 atom stereocenters. The van der Waals surface area contributed by atoms with Crippen LogP contribution in [0.15, 0.2) is 30.5 Å². The van der Waals surface area contributed by atoms with E-state index in [1.807, 2.05) is 30.3 Å². The molecule has 0 aliphatic rings. The molecule has 1 aromatic carbocycles. The van der Waals surface area contributed by atoms with E-state index < -0.39 is 0 Å². The Balaban J connectivity index is 2.71. The highest BCUT2D eigenvalue weighted by atomic mass is 16.5. The van der Waals surface area contributed by atoms with Crippen molar-refractivity contribution in [3.05, 3.63) is 36.1 Å². The van der Waals surface area contributed by atoms with Gasteiger partial charge in [0.2, 0.25) is 0 Å². The largest absolute Gasteiger partial charge is 0.504 e. The van der Waals surface area contributed by atoms with Gasteiger partial charge in [-0.25, -0.2) is 0 Å². The highest BCUT2D eigenvalue weighted by molar-refractivity contribution is 5.49. The Labute approximate surface area is 72.4 Å². The van der Waals surface area contributed by atoms with Crippen molar-refractivity contribution in [2.75, 3.05) is 14.2 Å². The van der Waals surface area contributed by atoms with E-state index in [2.05, 4.69) is 0 Å². The Kier molecular flexibility index (Phi) is 3.20. The molecule has 0 heterocycles. The Hall–Kier alpha value is -1.44. The summed E-state index contributed by atoms with van der Waals surface area (Å²) in [5, 5.41) is 0. The number of hydrogen-bond donors (Lipinski definition) is 0. The van der Waals surface area contributed by atoms with E-state index in [4.69, 9.17) is 9.47 Å². The zero-order valence-corrected chi connectivity index (χ0v) is 7.28. The minimum atomic E-state index is 0.865. The maximum atomic E-state index is 5.02. The van der Waals surface area contributed by atoms with Gasteiger partial charge in [-0.05, 0) is 23.8 Å². The molecule has 2 heteroatoms. The zero-order chi connectivity index (χ0) is 8.81. The van der Waals surface area contributed by atoms with Gasteiger partial charge in [0.1, 0.15) is 5.75 Å². The predicted octanol–water partition coefficient (Wildman–Crippen LogP) is 2.31. The Bertz CT molecular complexity index is 249. The lowest BCUT2D eigenvalue weighted by Gasteiger charge is -1.98. The monoisotopic (exact) mass is 164 g/mol. The van der Waals surface area contributed by atoms with E-state index >= 15 is 0 Å². The highest BCUT2D eigenvalue weighted by Gasteiger charge is 1.88. The summed E-state index contributed by atoms with van der Waals surface area (Å²) in [5.74, 6) is 0.865. The molecule has 0 spiro atoms. The van der Waals surface area contributed by atoms with Crippen molar-refractivity contribution in [1.29, 1.82) is 0 Å². The van der Waals surface area contributed by atoms with Crippen LogP contribution in [0.1, 0.15) is 5.56 Å². The third kappa shape index (κ3) is 2.31. The van der Waals surface area contributed by atoms with Crippen molar-refractivity contribution in [2.24, 2.45) is 0 Å². The summed E-state index contributed by atoms with van der Waals surface area (Å²) < 4.78 is 9.81. The fourth-order valence-corrected chi connectivity index (χ4v) is 0.862. The molecule has 0 fully saturated rings. The molecule has 1 rings (SSSR count). The van der Waals surface area contributed by atoms with Crippen LogP contribution in [-0.2, 0) is 4.74 Å². The molecule has 0 amide bonds. The number of rotatable bonds is 3. The second-order valence-corrected chi connectivity index (χ2v) is 2.31. The van der Waals surface area contributed by atoms with E-state index in [0.717, 1.165) is 11.3 Å². The van der Waals surface area contributed by atoms with Crippen molar-refractivity contribution in [1.82, 2.24) is 0 Å². The Morgan fingerprint density at radius 3 is 2.25 bits per heavy atom. The molecule has 2 nitrogen and oxygen atoms in total. The van der Waals surface area contributed by atoms with Gasteiger partial charge in [-0.1, -0.05) is 12.1 Å². The average Bonchev–Trinajstić information content (AvgIpc) is 2.15. The first-order valence-corrected chi connectivity index (χ1v) is 3.70. The summed E-state index contributed by atoms with van der Waals surface area (Å²) in [5.41, 5.74) is 1.10. The maximum absolute atomic E-state index is 5.02. The summed E-state index contributed by atoms with van der Waals surface area (Å²) >= 11 is 0. The minimum absolute atomic E-state index is 0.865. The zero-order valence-electron chi connectivity index (χ0n) is 7.28. The standard InChI is InChI=1S/C10H12O2/c1-11-8-7-9-3-5-10(12-2)6-4-9/h3-8H,1-2H3/b8-7+. The molecule has 12 heavy (non-hydrogen) atoms. The first-order valence-electron chi connectivity index (χ1n) is 3.70. The molecule has 0 aliphatic heterocycles. The minimum Gasteiger partial charge on any atom is -0.504 e. The quantitative estimate of drug-likeness (QED) is 0.638. The van der Waals surface area contributed by atoms with Gasteiger partial charge in [0.15, 0.2) is 0 Å². The van der Waals surface area contributed by atoms with Crippen LogP contribution in [-0.4, -0.2) is 14.2 Å². The van der Waals surface area contributed by atoms with Crippen LogP contribution in [0.2, 0.25) is 0 Å². The van der Waals surface area contributed by atoms with Crippen LogP contribution < -0.4 is 4.74 Å². The number of methoxy groups -OCH3 is 2. The van der Waals surface area contributed by atoms with Gasteiger partial charge in [-0.2, -0.15) is 0 Å². The smallest absolute Gasteiger partial charge is 0.118 e. The van der Waals surface area contributed by atoms with Crippen molar-refractivity contribution in [2.45, 2.75) is 0 Å². The van der Waals surface area contributed by atoms with E-state index in [9.17, 15) is 0 Å². The summed E-state index contributed by atoms with van der Waals surface area (Å²) in [7, 11) is 3.28. The number of benzene rings is 1. The van der Waals surface area contributed by atoms with Crippen molar-refractivity contribution < 1.29 is 9.47 Å². The van der Waals surface area contributed by atoms with Crippen molar-refractivity contribution in [3.63, 3.8) is 0 Å². The Morgan fingerprint density at radius 1 is 1.08 bits per heavy atom. The highest BCUT2D eigenvalue weighted by Crippen LogP contribution is 2.11. The molecule has 0 saturated heterocycles. The van der Waals surface area contributed by atoms with Gasteiger partial charge in [0, 0.05) is 0 Å². The van der Waals surface area contributed by atoms with Gasteiger partial charge in [-0.15, -0.1) is 0 Å². The molecule has 1 aromatic rings. The third-order valence-electron chi connectivity index (χ3n) is 1.51. The van der Waals surface area contributed by atoms with E-state index in [0.29, 0.717) is 0 Å². The molecular weight excluding hydrogens is 152 g/mol. The average molecular weight is 164 g/mol. The molecule has 0 aliphatic carbocycles. The van der Waals surface area contributed by atoms with Crippen LogP contribution in [0.25, 0.3) is 6.08 Å². The molecule has 0 radical (unpaired) electrons. The maximum Gasteiger partial charge on any atom is 0.118 e. The van der Waals surface area contributed by atoms with Crippen LogP contribution in [0.5, 0.6) is 5.75 Å². The van der Waals surface area contributed by atoms with E-state index in [1.54, 1.807) is 20.5 Å². The van der Waals surface area contributed by atoms with Crippen molar-refractivity contribution in [3.8, 4) is 5.75 Å². The molecule has 0 saturated carbocycles. The molecule has 0 aromatic heterocycles. The van der Waals surface area contributed by atoms with Gasteiger partial charge in [-0.3, -0.25) is 0 Å². The molecule has 0 N–H and O–H groups in total. The van der Waals surface area contributed by atoms with Gasteiger partial charge >= 0.3 is 0 Å². The summed E-state index contributed by atoms with van der Waals surface area (Å²) in [6.07, 6.45) is 3.53. The van der Waals surface area contributed by atoms with Crippen molar-refractivity contribution >= 4 is 6.08 Å². The molecule has 0 unspecified atom stereocenters. The second kappa shape index (κ2) is 4.44. The second-order valence-electron chi connectivity index (χ2n) is 2.31. The van der Waals surface area contributed by atoms with Crippen LogP contribution in [0.4, 0.5) is 0 Å². The van der Waals surface area contributed by atoms with E-state index in [1.165, 1.54) is 0 Å². The SMILES string of the molecule is CO/C=C/c1ccc(OC)cc1. The summed E-state index contributed by atoms with van der Waals surface area (Å²) in [4.78, 5) is 0. The first kappa shape index (κ1) is 8.65. The topological polar surface area (TPSA) is 18.5 Å². The molecular formula is C10H12O2. The Morgan fingerprint density at radius 2 is 1.75 bits per heavy atom. The predicted molar refractivity (Wildman–Crippen MR) is 49.0 cm³/mol. The molecule has 64 valence electrons. The summed E-state index contributed by atoms with van der Waals surface area (Å²) in [6, 6.07) is 7.76. The van der Waals surface area contributed by atoms with Crippen LogP contribution in [0, 0.1) is 0 Å². The summed E-state index contributed by atoms with van der Waals surface area (Å²) in [6.45, 7) is 0. The van der Waals surface area contributed by atoms with Gasteiger partial charge in [0.25, 0.3) is 0 Å². The normalized spacial score (nSPS) is 10.2.